The third-order valence-corrected chi connectivity index (χ3v) is 3.48. The number of halogens is 1. The molecule has 0 amide bonds. The zero-order valence-electron chi connectivity index (χ0n) is 9.10. The Morgan fingerprint density at radius 1 is 1.33 bits per heavy atom. The van der Waals surface area contributed by atoms with Gasteiger partial charge in [-0.15, -0.1) is 0 Å². The van der Waals surface area contributed by atoms with Gasteiger partial charge in [-0.2, -0.15) is 5.26 Å². The van der Waals surface area contributed by atoms with Gasteiger partial charge in [0.25, 0.3) is 0 Å². The van der Waals surface area contributed by atoms with Gasteiger partial charge in [-0.3, -0.25) is 0 Å². The predicted octanol–water partition coefficient (Wildman–Crippen LogP) is 3.78. The van der Waals surface area contributed by atoms with E-state index in [1.165, 1.54) is 15.6 Å². The molecule has 0 aliphatic carbocycles. The minimum Gasteiger partial charge on any atom is -0.385 e. The van der Waals surface area contributed by atoms with Crippen LogP contribution in [0.2, 0.25) is 0 Å². The van der Waals surface area contributed by atoms with Crippen LogP contribution in [-0.2, 0) is 0 Å². The maximum Gasteiger partial charge on any atom is 0.0622 e. The van der Waals surface area contributed by atoms with Crippen molar-refractivity contribution >= 4 is 21.6 Å². The Morgan fingerprint density at radius 2 is 1.93 bits per heavy atom. The molecule has 0 unspecified atom stereocenters. The summed E-state index contributed by atoms with van der Waals surface area (Å²) in [5, 5.41) is 11.7. The molecular formula is C12H15BrN2. The lowest BCUT2D eigenvalue weighted by Crippen LogP contribution is -2.01. The number of benzene rings is 1. The molecule has 0 aliphatic rings. The molecule has 0 saturated carbocycles. The van der Waals surface area contributed by atoms with E-state index in [0.717, 1.165) is 18.7 Å². The Kier molecular flexibility index (Phi) is 4.64. The molecule has 0 radical (unpaired) electrons. The molecule has 0 spiro atoms. The van der Waals surface area contributed by atoms with Gasteiger partial charge in [0.2, 0.25) is 0 Å². The standard InChI is InChI=1S/C12H15BrN2/c1-9-7-11(8-10(2)12(9)13)15-6-4-3-5-14/h7-8,15H,3-4,6H2,1-2H3. The molecular weight excluding hydrogens is 252 g/mol. The second kappa shape index (κ2) is 5.77. The second-order valence-electron chi connectivity index (χ2n) is 3.61. The smallest absolute Gasteiger partial charge is 0.0622 e. The van der Waals surface area contributed by atoms with Crippen LogP contribution in [0.1, 0.15) is 24.0 Å². The fraction of sp³-hybridized carbons (Fsp3) is 0.417. The van der Waals surface area contributed by atoms with Gasteiger partial charge in [-0.05, 0) is 43.5 Å². The SMILES string of the molecule is Cc1cc(NCCCC#N)cc(C)c1Br. The third kappa shape index (κ3) is 3.56. The first-order valence-corrected chi connectivity index (χ1v) is 5.82. The molecule has 1 rings (SSSR count). The molecule has 80 valence electrons. The number of hydrogen-bond donors (Lipinski definition) is 1. The number of nitrogens with one attached hydrogen (secondary N) is 1. The van der Waals surface area contributed by atoms with Crippen molar-refractivity contribution in [3.8, 4) is 6.07 Å². The van der Waals surface area contributed by atoms with Crippen molar-refractivity contribution in [1.29, 1.82) is 5.26 Å². The molecule has 15 heavy (non-hydrogen) atoms. The molecule has 0 aromatic heterocycles. The van der Waals surface area contributed by atoms with E-state index in [4.69, 9.17) is 5.26 Å². The highest BCUT2D eigenvalue weighted by Crippen LogP contribution is 2.24. The van der Waals surface area contributed by atoms with Crippen molar-refractivity contribution in [2.45, 2.75) is 26.7 Å². The maximum absolute atomic E-state index is 8.40. The van der Waals surface area contributed by atoms with E-state index in [0.29, 0.717) is 6.42 Å². The van der Waals surface area contributed by atoms with Gasteiger partial charge in [0, 0.05) is 23.1 Å². The van der Waals surface area contributed by atoms with Gasteiger partial charge in [0.1, 0.15) is 0 Å². The average molecular weight is 267 g/mol. The van der Waals surface area contributed by atoms with Crippen LogP contribution in [0.25, 0.3) is 0 Å². The summed E-state index contributed by atoms with van der Waals surface area (Å²) >= 11 is 3.54. The van der Waals surface area contributed by atoms with E-state index in [1.54, 1.807) is 0 Å². The highest BCUT2D eigenvalue weighted by molar-refractivity contribution is 9.10. The zero-order chi connectivity index (χ0) is 11.3. The molecule has 0 fully saturated rings. The Balaban J connectivity index is 2.59. The van der Waals surface area contributed by atoms with Crippen LogP contribution in [0.15, 0.2) is 16.6 Å². The van der Waals surface area contributed by atoms with E-state index in [1.807, 2.05) is 0 Å². The summed E-state index contributed by atoms with van der Waals surface area (Å²) in [7, 11) is 0. The zero-order valence-corrected chi connectivity index (χ0v) is 10.7. The lowest BCUT2D eigenvalue weighted by Gasteiger charge is -2.09. The van der Waals surface area contributed by atoms with Crippen molar-refractivity contribution < 1.29 is 0 Å². The van der Waals surface area contributed by atoms with Crippen molar-refractivity contribution in [2.75, 3.05) is 11.9 Å². The quantitative estimate of drug-likeness (QED) is 0.842. The Hall–Kier alpha value is -1.01. The number of unbranched alkanes of at least 4 members (excludes halogenated alkanes) is 1. The molecule has 1 aromatic rings. The topological polar surface area (TPSA) is 35.8 Å². The summed E-state index contributed by atoms with van der Waals surface area (Å²) in [6, 6.07) is 6.37. The van der Waals surface area contributed by atoms with Crippen LogP contribution < -0.4 is 5.32 Å². The lowest BCUT2D eigenvalue weighted by molar-refractivity contribution is 0.897. The number of nitrogens with zero attached hydrogens (tertiary/aromatic N) is 1. The first kappa shape index (κ1) is 12.1. The van der Waals surface area contributed by atoms with Crippen LogP contribution in [0, 0.1) is 25.2 Å². The minimum absolute atomic E-state index is 0.613. The molecule has 1 aromatic carbocycles. The normalized spacial score (nSPS) is 9.73. The highest BCUT2D eigenvalue weighted by atomic mass is 79.9. The second-order valence-corrected chi connectivity index (χ2v) is 4.41. The van der Waals surface area contributed by atoms with Crippen molar-refractivity contribution in [3.05, 3.63) is 27.7 Å². The molecule has 3 heteroatoms. The summed E-state index contributed by atoms with van der Waals surface area (Å²) in [4.78, 5) is 0. The average Bonchev–Trinajstić information content (AvgIpc) is 2.21. The van der Waals surface area contributed by atoms with Gasteiger partial charge in [-0.25, -0.2) is 0 Å². The molecule has 0 saturated heterocycles. The number of hydrogen-bond acceptors (Lipinski definition) is 2. The van der Waals surface area contributed by atoms with E-state index in [9.17, 15) is 0 Å². The molecule has 2 nitrogen and oxygen atoms in total. The monoisotopic (exact) mass is 266 g/mol. The van der Waals surface area contributed by atoms with Crippen molar-refractivity contribution in [3.63, 3.8) is 0 Å². The largest absolute Gasteiger partial charge is 0.385 e. The van der Waals surface area contributed by atoms with E-state index in [2.05, 4.69) is 53.3 Å². The van der Waals surface area contributed by atoms with Gasteiger partial charge >= 0.3 is 0 Å². The molecule has 0 atom stereocenters. The lowest BCUT2D eigenvalue weighted by atomic mass is 10.1. The minimum atomic E-state index is 0.613. The van der Waals surface area contributed by atoms with Crippen LogP contribution in [-0.4, -0.2) is 6.54 Å². The summed E-state index contributed by atoms with van der Waals surface area (Å²) in [5.74, 6) is 0. The molecule has 1 N–H and O–H groups in total. The van der Waals surface area contributed by atoms with E-state index >= 15 is 0 Å². The summed E-state index contributed by atoms with van der Waals surface area (Å²) in [5.41, 5.74) is 3.60. The van der Waals surface area contributed by atoms with Gasteiger partial charge < -0.3 is 5.32 Å². The Labute approximate surface area is 99.4 Å². The van der Waals surface area contributed by atoms with E-state index < -0.39 is 0 Å². The molecule has 0 aliphatic heterocycles. The van der Waals surface area contributed by atoms with E-state index in [-0.39, 0.29) is 0 Å². The van der Waals surface area contributed by atoms with Crippen LogP contribution in [0.5, 0.6) is 0 Å². The maximum atomic E-state index is 8.40. The summed E-state index contributed by atoms with van der Waals surface area (Å²) in [6.07, 6.45) is 1.51. The van der Waals surface area contributed by atoms with Crippen LogP contribution in [0.3, 0.4) is 0 Å². The number of rotatable bonds is 4. The first-order chi connectivity index (χ1) is 7.15. The summed E-state index contributed by atoms with van der Waals surface area (Å²) in [6.45, 7) is 5.02. The number of aryl methyl sites for hydroxylation is 2. The van der Waals surface area contributed by atoms with Crippen LogP contribution >= 0.6 is 15.9 Å². The molecule has 0 bridgehead atoms. The van der Waals surface area contributed by atoms with Gasteiger partial charge in [0.05, 0.1) is 6.07 Å². The van der Waals surface area contributed by atoms with Crippen molar-refractivity contribution in [1.82, 2.24) is 0 Å². The Bertz CT molecular complexity index is 357. The third-order valence-electron chi connectivity index (χ3n) is 2.23. The van der Waals surface area contributed by atoms with Crippen LogP contribution in [0.4, 0.5) is 5.69 Å². The molecule has 0 heterocycles. The summed E-state index contributed by atoms with van der Waals surface area (Å²) < 4.78 is 1.17. The fourth-order valence-corrected chi connectivity index (χ4v) is 1.68. The van der Waals surface area contributed by atoms with Gasteiger partial charge in [-0.1, -0.05) is 15.9 Å². The Morgan fingerprint density at radius 3 is 2.47 bits per heavy atom. The predicted molar refractivity (Wildman–Crippen MR) is 67.0 cm³/mol. The number of anilines is 1. The highest BCUT2D eigenvalue weighted by Gasteiger charge is 2.01. The number of nitriles is 1. The fourth-order valence-electron chi connectivity index (χ4n) is 1.45. The van der Waals surface area contributed by atoms with Crippen molar-refractivity contribution in [2.24, 2.45) is 0 Å². The first-order valence-electron chi connectivity index (χ1n) is 5.02. The van der Waals surface area contributed by atoms with Gasteiger partial charge in [0.15, 0.2) is 0 Å².